The van der Waals surface area contributed by atoms with E-state index in [1.54, 1.807) is 6.07 Å². The summed E-state index contributed by atoms with van der Waals surface area (Å²) in [4.78, 5) is 14.0. The van der Waals surface area contributed by atoms with E-state index >= 15 is 0 Å². The molecule has 0 aromatic carbocycles. The van der Waals surface area contributed by atoms with E-state index in [1.165, 1.54) is 0 Å². The van der Waals surface area contributed by atoms with Crippen LogP contribution in [-0.4, -0.2) is 59.1 Å². The molecule has 0 spiro atoms. The standard InChI is InChI=1S/C15H27N5O2/c1-19(2)8-9-20-7-6-14(18-20)17-15(22)16-11-12-4-3-5-13(21)10-12/h6-7,12-13,21H,3-5,8-11H2,1-2H3,(H2,16,17,18,22). The van der Waals surface area contributed by atoms with Gasteiger partial charge in [-0.15, -0.1) is 0 Å². The van der Waals surface area contributed by atoms with E-state index in [2.05, 4.69) is 20.6 Å². The summed E-state index contributed by atoms with van der Waals surface area (Å²) in [5, 5.41) is 19.5. The van der Waals surface area contributed by atoms with Gasteiger partial charge >= 0.3 is 6.03 Å². The van der Waals surface area contributed by atoms with Crippen LogP contribution in [0, 0.1) is 5.92 Å². The molecule has 7 heteroatoms. The molecule has 1 heterocycles. The molecular formula is C15H27N5O2. The van der Waals surface area contributed by atoms with Crippen LogP contribution < -0.4 is 10.6 Å². The number of rotatable bonds is 6. The van der Waals surface area contributed by atoms with Gasteiger partial charge in [-0.3, -0.25) is 10.00 Å². The highest BCUT2D eigenvalue weighted by atomic mass is 16.3. The highest BCUT2D eigenvalue weighted by Crippen LogP contribution is 2.23. The minimum atomic E-state index is -0.238. The fourth-order valence-electron chi connectivity index (χ4n) is 2.70. The van der Waals surface area contributed by atoms with Crippen LogP contribution in [0.5, 0.6) is 0 Å². The minimum absolute atomic E-state index is 0.212. The van der Waals surface area contributed by atoms with Crippen molar-refractivity contribution in [3.05, 3.63) is 12.3 Å². The zero-order chi connectivity index (χ0) is 15.9. The number of hydrogen-bond acceptors (Lipinski definition) is 4. The SMILES string of the molecule is CN(C)CCn1ccc(NC(=O)NCC2CCCC(O)C2)n1. The Bertz CT molecular complexity index is 474. The molecule has 2 amide bonds. The lowest BCUT2D eigenvalue weighted by molar-refractivity contribution is 0.101. The number of nitrogens with one attached hydrogen (secondary N) is 2. The first kappa shape index (κ1) is 16.8. The summed E-state index contributed by atoms with van der Waals surface area (Å²) in [5.41, 5.74) is 0. The normalized spacial score (nSPS) is 21.8. The van der Waals surface area contributed by atoms with Crippen LogP contribution in [0.15, 0.2) is 12.3 Å². The van der Waals surface area contributed by atoms with E-state index in [9.17, 15) is 9.90 Å². The number of aromatic nitrogens is 2. The molecule has 1 aliphatic rings. The van der Waals surface area contributed by atoms with Gasteiger partial charge < -0.3 is 15.3 Å². The maximum absolute atomic E-state index is 11.9. The number of urea groups is 1. The first-order valence-corrected chi connectivity index (χ1v) is 7.94. The zero-order valence-corrected chi connectivity index (χ0v) is 13.5. The van der Waals surface area contributed by atoms with Gasteiger partial charge in [0.2, 0.25) is 0 Å². The Kier molecular flexibility index (Phi) is 6.21. The maximum atomic E-state index is 11.9. The number of amides is 2. The van der Waals surface area contributed by atoms with E-state index in [0.717, 1.165) is 38.8 Å². The quantitative estimate of drug-likeness (QED) is 0.735. The summed E-state index contributed by atoms with van der Waals surface area (Å²) in [6, 6.07) is 1.55. The fourth-order valence-corrected chi connectivity index (χ4v) is 2.70. The molecule has 2 rings (SSSR count). The Morgan fingerprint density at radius 2 is 2.32 bits per heavy atom. The van der Waals surface area contributed by atoms with E-state index in [0.29, 0.717) is 18.3 Å². The van der Waals surface area contributed by atoms with Crippen LogP contribution in [0.2, 0.25) is 0 Å². The third-order valence-corrected chi connectivity index (χ3v) is 3.96. The van der Waals surface area contributed by atoms with Gasteiger partial charge in [-0.05, 0) is 39.3 Å². The van der Waals surface area contributed by atoms with Crippen molar-refractivity contribution in [3.8, 4) is 0 Å². The average molecular weight is 309 g/mol. The van der Waals surface area contributed by atoms with Crippen LogP contribution >= 0.6 is 0 Å². The number of anilines is 1. The monoisotopic (exact) mass is 309 g/mol. The Labute approximate surface area is 131 Å². The van der Waals surface area contributed by atoms with Gasteiger partial charge in [0.1, 0.15) is 0 Å². The lowest BCUT2D eigenvalue weighted by Gasteiger charge is -2.25. The van der Waals surface area contributed by atoms with Crippen LogP contribution in [0.25, 0.3) is 0 Å². The Morgan fingerprint density at radius 1 is 1.50 bits per heavy atom. The third-order valence-electron chi connectivity index (χ3n) is 3.96. The molecule has 2 unspecified atom stereocenters. The van der Waals surface area contributed by atoms with Crippen molar-refractivity contribution in [1.29, 1.82) is 0 Å². The molecule has 124 valence electrons. The van der Waals surface area contributed by atoms with Gasteiger partial charge in [0.15, 0.2) is 5.82 Å². The second-order valence-corrected chi connectivity index (χ2v) is 6.29. The second-order valence-electron chi connectivity index (χ2n) is 6.29. The molecule has 0 aliphatic heterocycles. The first-order chi connectivity index (χ1) is 10.5. The highest BCUT2D eigenvalue weighted by Gasteiger charge is 2.20. The number of aliphatic hydroxyl groups excluding tert-OH is 1. The first-order valence-electron chi connectivity index (χ1n) is 7.94. The molecule has 0 bridgehead atoms. The van der Waals surface area contributed by atoms with Crippen LogP contribution in [0.3, 0.4) is 0 Å². The largest absolute Gasteiger partial charge is 0.393 e. The maximum Gasteiger partial charge on any atom is 0.320 e. The summed E-state index contributed by atoms with van der Waals surface area (Å²) in [6.07, 6.45) is 5.40. The number of hydrogen-bond donors (Lipinski definition) is 3. The summed E-state index contributed by atoms with van der Waals surface area (Å²) in [5.74, 6) is 0.923. The fraction of sp³-hybridized carbons (Fsp3) is 0.733. The molecule has 3 N–H and O–H groups in total. The molecule has 1 aromatic heterocycles. The van der Waals surface area contributed by atoms with Gasteiger partial charge in [0.05, 0.1) is 12.6 Å². The van der Waals surface area contributed by atoms with Gasteiger partial charge in [-0.1, -0.05) is 6.42 Å². The van der Waals surface area contributed by atoms with Crippen molar-refractivity contribution in [2.24, 2.45) is 5.92 Å². The molecule has 2 atom stereocenters. The molecule has 1 fully saturated rings. The summed E-state index contributed by atoms with van der Waals surface area (Å²) in [6.45, 7) is 2.29. The van der Waals surface area contributed by atoms with Gasteiger partial charge in [0, 0.05) is 25.4 Å². The highest BCUT2D eigenvalue weighted by molar-refractivity contribution is 5.88. The summed E-state index contributed by atoms with van der Waals surface area (Å²) >= 11 is 0. The van der Waals surface area contributed by atoms with Crippen molar-refractivity contribution in [3.63, 3.8) is 0 Å². The molecular weight excluding hydrogens is 282 g/mol. The van der Waals surface area contributed by atoms with E-state index in [1.807, 2.05) is 25.0 Å². The predicted octanol–water partition coefficient (Wildman–Crippen LogP) is 1.12. The lowest BCUT2D eigenvalue weighted by atomic mass is 9.87. The molecule has 1 aromatic rings. The average Bonchev–Trinajstić information content (AvgIpc) is 2.90. The van der Waals surface area contributed by atoms with Crippen LogP contribution in [0.4, 0.5) is 10.6 Å². The molecule has 0 radical (unpaired) electrons. The number of aliphatic hydroxyl groups is 1. The van der Waals surface area contributed by atoms with Gasteiger partial charge in [0.25, 0.3) is 0 Å². The van der Waals surface area contributed by atoms with Crippen molar-refractivity contribution >= 4 is 11.8 Å². The van der Waals surface area contributed by atoms with Crippen molar-refractivity contribution in [1.82, 2.24) is 20.0 Å². The third kappa shape index (κ3) is 5.65. The van der Waals surface area contributed by atoms with E-state index in [-0.39, 0.29) is 12.1 Å². The number of carbonyl (C=O) groups excluding carboxylic acids is 1. The van der Waals surface area contributed by atoms with Crippen molar-refractivity contribution in [2.75, 3.05) is 32.5 Å². The topological polar surface area (TPSA) is 82.4 Å². The molecule has 22 heavy (non-hydrogen) atoms. The Morgan fingerprint density at radius 3 is 3.05 bits per heavy atom. The van der Waals surface area contributed by atoms with E-state index in [4.69, 9.17) is 0 Å². The molecule has 1 saturated carbocycles. The molecule has 1 aliphatic carbocycles. The van der Waals surface area contributed by atoms with Gasteiger partial charge in [-0.2, -0.15) is 5.10 Å². The van der Waals surface area contributed by atoms with Crippen molar-refractivity contribution < 1.29 is 9.90 Å². The zero-order valence-electron chi connectivity index (χ0n) is 13.5. The number of likely N-dealkylation sites (N-methyl/N-ethyl adjacent to an activating group) is 1. The van der Waals surface area contributed by atoms with Crippen molar-refractivity contribution in [2.45, 2.75) is 38.3 Å². The molecule has 7 nitrogen and oxygen atoms in total. The minimum Gasteiger partial charge on any atom is -0.393 e. The molecule has 0 saturated heterocycles. The Balaban J connectivity index is 1.70. The summed E-state index contributed by atoms with van der Waals surface area (Å²) in [7, 11) is 4.02. The summed E-state index contributed by atoms with van der Waals surface area (Å²) < 4.78 is 1.81. The predicted molar refractivity (Wildman–Crippen MR) is 85.8 cm³/mol. The lowest BCUT2D eigenvalue weighted by Crippen LogP contribution is -2.35. The number of carbonyl (C=O) groups is 1. The smallest absolute Gasteiger partial charge is 0.320 e. The van der Waals surface area contributed by atoms with Crippen LogP contribution in [0.1, 0.15) is 25.7 Å². The van der Waals surface area contributed by atoms with Crippen LogP contribution in [-0.2, 0) is 6.54 Å². The second kappa shape index (κ2) is 8.14. The van der Waals surface area contributed by atoms with Gasteiger partial charge in [-0.25, -0.2) is 4.79 Å². The Hall–Kier alpha value is -1.60. The van der Waals surface area contributed by atoms with E-state index < -0.39 is 0 Å². The number of nitrogens with zero attached hydrogens (tertiary/aromatic N) is 3.